The molecule has 1 aromatic rings. The molecule has 22 heavy (non-hydrogen) atoms. The molecule has 0 bridgehead atoms. The van der Waals surface area contributed by atoms with Crippen LogP contribution in [0.4, 0.5) is 0 Å². The molecule has 1 aromatic heterocycles. The molecule has 0 aromatic carbocycles. The van der Waals surface area contributed by atoms with Gasteiger partial charge in [-0.25, -0.2) is 0 Å². The Bertz CT molecular complexity index is 558. The van der Waals surface area contributed by atoms with Crippen LogP contribution in [0.5, 0.6) is 0 Å². The van der Waals surface area contributed by atoms with Crippen molar-refractivity contribution in [2.45, 2.75) is 52.2 Å². The van der Waals surface area contributed by atoms with Crippen LogP contribution in [0.3, 0.4) is 0 Å². The number of aliphatic hydroxyl groups is 1. The first-order valence-electron chi connectivity index (χ1n) is 8.27. The third kappa shape index (κ3) is 2.68. The summed E-state index contributed by atoms with van der Waals surface area (Å²) < 4.78 is 5.58. The van der Waals surface area contributed by atoms with Crippen LogP contribution in [0.25, 0.3) is 0 Å². The third-order valence-corrected chi connectivity index (χ3v) is 5.29. The first-order valence-corrected chi connectivity index (χ1v) is 8.27. The van der Waals surface area contributed by atoms with Crippen LogP contribution in [-0.2, 0) is 0 Å². The minimum absolute atomic E-state index is 0.0819. The van der Waals surface area contributed by atoms with Crippen LogP contribution >= 0.6 is 0 Å². The normalized spacial score (nSPS) is 26.6. The van der Waals surface area contributed by atoms with E-state index in [-0.39, 0.29) is 18.1 Å². The fourth-order valence-corrected chi connectivity index (χ4v) is 3.87. The van der Waals surface area contributed by atoms with E-state index >= 15 is 0 Å². The number of aryl methyl sites for hydroxylation is 2. The molecule has 1 aliphatic heterocycles. The first kappa shape index (κ1) is 15.6. The summed E-state index contributed by atoms with van der Waals surface area (Å²) in [6.45, 7) is 8.86. The monoisotopic (exact) mass is 306 g/mol. The molecule has 122 valence electrons. The number of nitrogens with zero attached hydrogens (tertiary/aromatic N) is 2. The van der Waals surface area contributed by atoms with Crippen LogP contribution in [0.2, 0.25) is 0 Å². The lowest BCUT2D eigenvalue weighted by Crippen LogP contribution is -2.53. The quantitative estimate of drug-likeness (QED) is 0.906. The summed E-state index contributed by atoms with van der Waals surface area (Å²) >= 11 is 0. The van der Waals surface area contributed by atoms with Crippen LogP contribution in [0, 0.1) is 20.8 Å². The molecule has 0 radical (unpaired) electrons. The van der Waals surface area contributed by atoms with Crippen molar-refractivity contribution in [2.75, 3.05) is 26.2 Å². The van der Waals surface area contributed by atoms with Gasteiger partial charge in [0.1, 0.15) is 11.5 Å². The van der Waals surface area contributed by atoms with Crippen molar-refractivity contribution < 1.29 is 14.3 Å². The topological polar surface area (TPSA) is 56.9 Å². The minimum Gasteiger partial charge on any atom is -0.466 e. The van der Waals surface area contributed by atoms with Crippen molar-refractivity contribution in [1.29, 1.82) is 0 Å². The maximum absolute atomic E-state index is 12.7. The highest BCUT2D eigenvalue weighted by Gasteiger charge is 2.34. The summed E-state index contributed by atoms with van der Waals surface area (Å²) in [5.41, 5.74) is 1.68. The second-order valence-corrected chi connectivity index (χ2v) is 6.61. The zero-order valence-electron chi connectivity index (χ0n) is 13.8. The number of amides is 1. The Balaban J connectivity index is 1.65. The van der Waals surface area contributed by atoms with Gasteiger partial charge in [0.15, 0.2) is 0 Å². The van der Waals surface area contributed by atoms with Crippen LogP contribution in [0.15, 0.2) is 4.42 Å². The van der Waals surface area contributed by atoms with Crippen LogP contribution < -0.4 is 0 Å². The molecule has 1 saturated carbocycles. The molecule has 2 heterocycles. The largest absolute Gasteiger partial charge is 0.466 e. The van der Waals surface area contributed by atoms with Crippen molar-refractivity contribution in [2.24, 2.45) is 0 Å². The van der Waals surface area contributed by atoms with E-state index in [2.05, 4.69) is 4.90 Å². The van der Waals surface area contributed by atoms with Gasteiger partial charge in [-0.05, 0) is 40.0 Å². The molecule has 2 atom stereocenters. The fourth-order valence-electron chi connectivity index (χ4n) is 3.87. The van der Waals surface area contributed by atoms with Gasteiger partial charge in [0.25, 0.3) is 5.91 Å². The Morgan fingerprint density at radius 1 is 1.09 bits per heavy atom. The lowest BCUT2D eigenvalue weighted by molar-refractivity contribution is 0.0314. The second kappa shape index (κ2) is 6.05. The molecule has 1 amide bonds. The molecule has 5 nitrogen and oxygen atoms in total. The van der Waals surface area contributed by atoms with E-state index in [1.165, 1.54) is 0 Å². The number of piperazine rings is 1. The van der Waals surface area contributed by atoms with Gasteiger partial charge in [0, 0.05) is 37.8 Å². The van der Waals surface area contributed by atoms with E-state index < -0.39 is 0 Å². The number of carbonyl (C=O) groups excluding carboxylic acids is 1. The van der Waals surface area contributed by atoms with Crippen molar-refractivity contribution in [3.8, 4) is 0 Å². The number of rotatable bonds is 2. The Hall–Kier alpha value is -1.33. The highest BCUT2D eigenvalue weighted by molar-refractivity contribution is 5.97. The molecule has 3 rings (SSSR count). The molecular weight excluding hydrogens is 280 g/mol. The second-order valence-electron chi connectivity index (χ2n) is 6.61. The van der Waals surface area contributed by atoms with Gasteiger partial charge in [-0.15, -0.1) is 0 Å². The smallest absolute Gasteiger partial charge is 0.257 e. The Kier molecular flexibility index (Phi) is 4.28. The first-order chi connectivity index (χ1) is 10.5. The average Bonchev–Trinajstić information content (AvgIpc) is 3.03. The average molecular weight is 306 g/mol. The maximum atomic E-state index is 12.7. The van der Waals surface area contributed by atoms with E-state index in [0.717, 1.165) is 62.3 Å². The predicted molar refractivity (Wildman–Crippen MR) is 84.0 cm³/mol. The summed E-state index contributed by atoms with van der Waals surface area (Å²) in [4.78, 5) is 17.0. The molecule has 1 N–H and O–H groups in total. The highest BCUT2D eigenvalue weighted by Crippen LogP contribution is 2.26. The molecule has 1 aliphatic carbocycles. The van der Waals surface area contributed by atoms with Gasteiger partial charge in [-0.1, -0.05) is 0 Å². The minimum atomic E-state index is -0.191. The van der Waals surface area contributed by atoms with E-state index in [1.54, 1.807) is 0 Å². The molecule has 2 fully saturated rings. The van der Waals surface area contributed by atoms with Gasteiger partial charge in [-0.2, -0.15) is 0 Å². The van der Waals surface area contributed by atoms with Crippen LogP contribution in [0.1, 0.15) is 46.7 Å². The molecule has 2 aliphatic rings. The zero-order valence-corrected chi connectivity index (χ0v) is 13.8. The summed E-state index contributed by atoms with van der Waals surface area (Å²) in [5.74, 6) is 1.63. The summed E-state index contributed by atoms with van der Waals surface area (Å²) in [6, 6.07) is 0.289. The molecule has 5 heteroatoms. The van der Waals surface area contributed by atoms with Gasteiger partial charge in [0.2, 0.25) is 0 Å². The van der Waals surface area contributed by atoms with Gasteiger partial charge < -0.3 is 14.4 Å². The lowest BCUT2D eigenvalue weighted by atomic mass is 10.1. The molecular formula is C17H26N2O3. The SMILES string of the molecule is Cc1oc(C)c(C(=O)N2CCN([C@H]3CCC[C@H]3O)CC2)c1C. The van der Waals surface area contributed by atoms with E-state index in [9.17, 15) is 9.90 Å². The van der Waals surface area contributed by atoms with E-state index in [0.29, 0.717) is 5.76 Å². The zero-order chi connectivity index (χ0) is 15.9. The fraction of sp³-hybridized carbons (Fsp3) is 0.706. The Morgan fingerprint density at radius 3 is 2.27 bits per heavy atom. The standard InChI is InChI=1S/C17H26N2O3/c1-11-12(2)22-13(3)16(11)17(21)19-9-7-18(8-10-19)14-5-4-6-15(14)20/h14-15,20H,4-10H2,1-3H3/t14-,15+/m0/s1. The van der Waals surface area contributed by atoms with E-state index in [1.807, 2.05) is 25.7 Å². The number of hydrogen-bond donors (Lipinski definition) is 1. The summed E-state index contributed by atoms with van der Waals surface area (Å²) in [6.07, 6.45) is 2.91. The van der Waals surface area contributed by atoms with Gasteiger partial charge in [0.05, 0.1) is 11.7 Å². The van der Waals surface area contributed by atoms with Crippen molar-refractivity contribution in [3.63, 3.8) is 0 Å². The molecule has 1 saturated heterocycles. The van der Waals surface area contributed by atoms with E-state index in [4.69, 9.17) is 4.42 Å². The number of hydrogen-bond acceptors (Lipinski definition) is 4. The van der Waals surface area contributed by atoms with Crippen molar-refractivity contribution in [3.05, 3.63) is 22.6 Å². The van der Waals surface area contributed by atoms with Crippen molar-refractivity contribution in [1.82, 2.24) is 9.80 Å². The van der Waals surface area contributed by atoms with Crippen LogP contribution in [-0.4, -0.2) is 59.1 Å². The molecule has 0 unspecified atom stereocenters. The number of furan rings is 1. The number of aliphatic hydroxyl groups excluding tert-OH is 1. The predicted octanol–water partition coefficient (Wildman–Crippen LogP) is 1.88. The summed E-state index contributed by atoms with van der Waals surface area (Å²) in [7, 11) is 0. The summed E-state index contributed by atoms with van der Waals surface area (Å²) in [5, 5.41) is 10.0. The third-order valence-electron chi connectivity index (χ3n) is 5.29. The maximum Gasteiger partial charge on any atom is 0.257 e. The Morgan fingerprint density at radius 2 is 1.77 bits per heavy atom. The van der Waals surface area contributed by atoms with Gasteiger partial charge in [-0.3, -0.25) is 9.69 Å². The molecule has 0 spiro atoms. The lowest BCUT2D eigenvalue weighted by Gasteiger charge is -2.39. The number of carbonyl (C=O) groups is 1. The Labute approximate surface area is 131 Å². The highest BCUT2D eigenvalue weighted by atomic mass is 16.3. The van der Waals surface area contributed by atoms with Gasteiger partial charge >= 0.3 is 0 Å². The van der Waals surface area contributed by atoms with Crippen molar-refractivity contribution >= 4 is 5.91 Å².